The topological polar surface area (TPSA) is 99.6 Å². The molecule has 2 N–H and O–H groups in total. The predicted octanol–water partition coefficient (Wildman–Crippen LogP) is 2.86. The summed E-state index contributed by atoms with van der Waals surface area (Å²) < 4.78 is 0. The first-order valence-electron chi connectivity index (χ1n) is 8.20. The van der Waals surface area contributed by atoms with Crippen LogP contribution in [0.15, 0.2) is 11.8 Å². The average molecular weight is 365 g/mol. The SMILES string of the molecule is CCC(C)(C)N(CCCNC1=CC(=O)c2sc(C)nc2C1=O)C(=O)O. The van der Waals surface area contributed by atoms with Gasteiger partial charge in [-0.3, -0.25) is 9.59 Å². The summed E-state index contributed by atoms with van der Waals surface area (Å²) in [6, 6.07) is 0. The molecule has 0 radical (unpaired) electrons. The number of carboxylic acid groups (broad SMARTS) is 1. The fraction of sp³-hybridized carbons (Fsp3) is 0.529. The van der Waals surface area contributed by atoms with Crippen LogP contribution in [0.3, 0.4) is 0 Å². The first kappa shape index (κ1) is 19.1. The van der Waals surface area contributed by atoms with Crippen molar-refractivity contribution in [1.82, 2.24) is 15.2 Å². The zero-order chi connectivity index (χ0) is 18.8. The number of Topliss-reactive ketones (excluding diaryl/α,β-unsaturated/α-hetero) is 1. The van der Waals surface area contributed by atoms with Gasteiger partial charge in [0.15, 0.2) is 5.78 Å². The molecule has 1 aliphatic rings. The molecule has 0 unspecified atom stereocenters. The van der Waals surface area contributed by atoms with Crippen LogP contribution in [0, 0.1) is 6.92 Å². The van der Waals surface area contributed by atoms with Gasteiger partial charge in [-0.2, -0.15) is 0 Å². The summed E-state index contributed by atoms with van der Waals surface area (Å²) in [7, 11) is 0. The highest BCUT2D eigenvalue weighted by molar-refractivity contribution is 7.14. The number of hydrogen-bond donors (Lipinski definition) is 2. The largest absolute Gasteiger partial charge is 0.465 e. The summed E-state index contributed by atoms with van der Waals surface area (Å²) in [5.41, 5.74) is -0.0226. The van der Waals surface area contributed by atoms with Crippen LogP contribution >= 0.6 is 11.3 Å². The highest BCUT2D eigenvalue weighted by Crippen LogP contribution is 2.25. The van der Waals surface area contributed by atoms with Crippen molar-refractivity contribution in [2.75, 3.05) is 13.1 Å². The van der Waals surface area contributed by atoms with Crippen molar-refractivity contribution in [3.05, 3.63) is 27.4 Å². The molecule has 0 bridgehead atoms. The van der Waals surface area contributed by atoms with E-state index >= 15 is 0 Å². The van der Waals surface area contributed by atoms with Gasteiger partial charge in [0, 0.05) is 24.7 Å². The summed E-state index contributed by atoms with van der Waals surface area (Å²) in [5.74, 6) is -0.509. The molecule has 0 atom stereocenters. The van der Waals surface area contributed by atoms with Crippen molar-refractivity contribution >= 4 is 29.0 Å². The lowest BCUT2D eigenvalue weighted by atomic mass is 9.99. The second-order valence-electron chi connectivity index (χ2n) is 6.54. The number of aryl methyl sites for hydroxylation is 1. The molecule has 2 rings (SSSR count). The van der Waals surface area contributed by atoms with Crippen molar-refractivity contribution in [2.45, 2.75) is 46.1 Å². The summed E-state index contributed by atoms with van der Waals surface area (Å²) in [6.45, 7) is 8.21. The highest BCUT2D eigenvalue weighted by atomic mass is 32.1. The van der Waals surface area contributed by atoms with Crippen LogP contribution in [-0.2, 0) is 0 Å². The number of carbonyl (C=O) groups is 3. The van der Waals surface area contributed by atoms with Crippen LogP contribution in [0.4, 0.5) is 4.79 Å². The third kappa shape index (κ3) is 4.07. The van der Waals surface area contributed by atoms with E-state index in [2.05, 4.69) is 10.3 Å². The van der Waals surface area contributed by atoms with E-state index < -0.39 is 11.6 Å². The molecule has 1 aromatic heterocycles. The molecule has 0 spiro atoms. The zero-order valence-corrected chi connectivity index (χ0v) is 15.7. The lowest BCUT2D eigenvalue weighted by Gasteiger charge is -2.35. The zero-order valence-electron chi connectivity index (χ0n) is 14.9. The molecule has 0 saturated carbocycles. The quantitative estimate of drug-likeness (QED) is 0.721. The average Bonchev–Trinajstić information content (AvgIpc) is 2.93. The highest BCUT2D eigenvalue weighted by Gasteiger charge is 2.30. The van der Waals surface area contributed by atoms with Gasteiger partial charge in [0.1, 0.15) is 10.6 Å². The van der Waals surface area contributed by atoms with Crippen LogP contribution in [0.25, 0.3) is 0 Å². The standard InChI is InChI=1S/C17H23N3O4S/c1-5-17(3,4)20(16(23)24)8-6-7-18-11-9-12(21)15-13(14(11)22)19-10(2)25-15/h9,18H,5-8H2,1-4H3,(H,23,24). The molecule has 0 saturated heterocycles. The Labute approximate surface area is 150 Å². The third-order valence-corrected chi connectivity index (χ3v) is 5.38. The monoisotopic (exact) mass is 365 g/mol. The van der Waals surface area contributed by atoms with Gasteiger partial charge >= 0.3 is 6.09 Å². The molecular weight excluding hydrogens is 342 g/mol. The summed E-state index contributed by atoms with van der Waals surface area (Å²) >= 11 is 1.22. The number of nitrogens with one attached hydrogen (secondary N) is 1. The number of aromatic nitrogens is 1. The fourth-order valence-electron chi connectivity index (χ4n) is 2.58. The van der Waals surface area contributed by atoms with Crippen molar-refractivity contribution in [3.63, 3.8) is 0 Å². The second-order valence-corrected chi connectivity index (χ2v) is 7.75. The lowest BCUT2D eigenvalue weighted by Crippen LogP contribution is -2.47. The van der Waals surface area contributed by atoms with E-state index in [0.29, 0.717) is 35.8 Å². The molecule has 1 aromatic rings. The second kappa shape index (κ2) is 7.35. The Balaban J connectivity index is 1.95. The van der Waals surface area contributed by atoms with Gasteiger partial charge in [-0.25, -0.2) is 9.78 Å². The molecular formula is C17H23N3O4S. The van der Waals surface area contributed by atoms with E-state index in [1.807, 2.05) is 20.8 Å². The molecule has 1 amide bonds. The van der Waals surface area contributed by atoms with E-state index in [1.54, 1.807) is 6.92 Å². The number of rotatable bonds is 7. The van der Waals surface area contributed by atoms with E-state index in [4.69, 9.17) is 0 Å². The van der Waals surface area contributed by atoms with E-state index in [0.717, 1.165) is 0 Å². The Kier molecular flexibility index (Phi) is 5.62. The molecule has 1 aliphatic carbocycles. The van der Waals surface area contributed by atoms with E-state index in [-0.39, 0.29) is 23.0 Å². The van der Waals surface area contributed by atoms with Gasteiger partial charge in [-0.1, -0.05) is 6.92 Å². The van der Waals surface area contributed by atoms with Crippen molar-refractivity contribution in [1.29, 1.82) is 0 Å². The number of carbonyl (C=O) groups excluding carboxylic acids is 2. The van der Waals surface area contributed by atoms with Gasteiger partial charge in [-0.15, -0.1) is 11.3 Å². The molecule has 25 heavy (non-hydrogen) atoms. The van der Waals surface area contributed by atoms with Crippen LogP contribution in [0.1, 0.15) is 58.8 Å². The number of hydrogen-bond acceptors (Lipinski definition) is 6. The fourth-order valence-corrected chi connectivity index (χ4v) is 3.40. The normalized spacial score (nSPS) is 14.2. The number of fused-ring (bicyclic) bond motifs is 1. The smallest absolute Gasteiger partial charge is 0.407 e. The summed E-state index contributed by atoms with van der Waals surface area (Å²) in [4.78, 5) is 41.8. The minimum Gasteiger partial charge on any atom is -0.465 e. The maximum atomic E-state index is 12.4. The molecule has 136 valence electrons. The molecule has 8 heteroatoms. The maximum Gasteiger partial charge on any atom is 0.407 e. The number of thiazole rings is 1. The van der Waals surface area contributed by atoms with Gasteiger partial charge in [0.2, 0.25) is 5.78 Å². The number of allylic oxidation sites excluding steroid dienone is 2. The Morgan fingerprint density at radius 1 is 1.40 bits per heavy atom. The molecule has 0 aromatic carbocycles. The predicted molar refractivity (Wildman–Crippen MR) is 95.3 cm³/mol. The Hall–Kier alpha value is -2.22. The van der Waals surface area contributed by atoms with Crippen LogP contribution in [0.5, 0.6) is 0 Å². The van der Waals surface area contributed by atoms with Crippen LogP contribution in [0.2, 0.25) is 0 Å². The summed E-state index contributed by atoms with van der Waals surface area (Å²) in [5, 5.41) is 13.0. The molecule has 1 heterocycles. The van der Waals surface area contributed by atoms with Crippen LogP contribution < -0.4 is 5.32 Å². The first-order chi connectivity index (χ1) is 11.7. The third-order valence-electron chi connectivity index (χ3n) is 4.39. The van der Waals surface area contributed by atoms with E-state index in [9.17, 15) is 19.5 Å². The first-order valence-corrected chi connectivity index (χ1v) is 9.01. The maximum absolute atomic E-state index is 12.4. The van der Waals surface area contributed by atoms with Crippen LogP contribution in [-0.4, -0.2) is 51.3 Å². The molecule has 0 aliphatic heterocycles. The van der Waals surface area contributed by atoms with Crippen molar-refractivity contribution < 1.29 is 19.5 Å². The minimum absolute atomic E-state index is 0.205. The number of ketones is 2. The number of nitrogens with zero attached hydrogens (tertiary/aromatic N) is 2. The van der Waals surface area contributed by atoms with Gasteiger partial charge < -0.3 is 15.3 Å². The van der Waals surface area contributed by atoms with Gasteiger partial charge in [-0.05, 0) is 33.6 Å². The van der Waals surface area contributed by atoms with E-state index in [1.165, 1.54) is 22.3 Å². The summed E-state index contributed by atoms with van der Waals surface area (Å²) in [6.07, 6.45) is 1.57. The Morgan fingerprint density at radius 3 is 2.68 bits per heavy atom. The Morgan fingerprint density at radius 2 is 2.08 bits per heavy atom. The minimum atomic E-state index is -0.961. The van der Waals surface area contributed by atoms with Crippen molar-refractivity contribution in [3.8, 4) is 0 Å². The van der Waals surface area contributed by atoms with Gasteiger partial charge in [0.25, 0.3) is 0 Å². The Bertz CT molecular complexity index is 736. The number of amides is 1. The van der Waals surface area contributed by atoms with Gasteiger partial charge in [0.05, 0.1) is 10.7 Å². The molecule has 0 fully saturated rings. The van der Waals surface area contributed by atoms with Crippen molar-refractivity contribution in [2.24, 2.45) is 0 Å². The molecule has 7 nitrogen and oxygen atoms in total. The lowest BCUT2D eigenvalue weighted by molar-refractivity contribution is 0.0890.